The van der Waals surface area contributed by atoms with Crippen molar-refractivity contribution in [2.75, 3.05) is 13.1 Å². The molecule has 0 heterocycles. The van der Waals surface area contributed by atoms with Gasteiger partial charge in [-0.15, -0.1) is 0 Å². The molecule has 1 unspecified atom stereocenters. The molecule has 0 saturated heterocycles. The Morgan fingerprint density at radius 1 is 1.40 bits per heavy atom. The maximum absolute atomic E-state index is 8.21. The van der Waals surface area contributed by atoms with Crippen LogP contribution in [0.4, 0.5) is 0 Å². The first kappa shape index (κ1) is 9.45. The lowest BCUT2D eigenvalue weighted by Crippen LogP contribution is -2.24. The zero-order valence-electron chi connectivity index (χ0n) is 7.02. The van der Waals surface area contributed by atoms with Gasteiger partial charge in [-0.3, -0.25) is 0 Å². The van der Waals surface area contributed by atoms with E-state index in [1.54, 1.807) is 0 Å². The number of hydrogen-bond donors (Lipinski definition) is 1. The smallest absolute Gasteiger partial charge is 0.0841 e. The number of hydrogen-bond acceptors (Lipinski definition) is 2. The monoisotopic (exact) mass is 140 g/mol. The van der Waals surface area contributed by atoms with Crippen LogP contribution in [0.25, 0.3) is 0 Å². The third kappa shape index (κ3) is 4.34. The summed E-state index contributed by atoms with van der Waals surface area (Å²) in [6, 6.07) is 2.05. The van der Waals surface area contributed by atoms with E-state index in [2.05, 4.69) is 32.2 Å². The first-order chi connectivity index (χ1) is 4.68. The van der Waals surface area contributed by atoms with Crippen LogP contribution in [0.5, 0.6) is 0 Å². The molecule has 2 heteroatoms. The average molecular weight is 140 g/mol. The molecule has 0 radical (unpaired) electrons. The summed E-state index contributed by atoms with van der Waals surface area (Å²) in [6.07, 6.45) is 0. The van der Waals surface area contributed by atoms with E-state index in [0.29, 0.717) is 18.4 Å². The summed E-state index contributed by atoms with van der Waals surface area (Å²) in [7, 11) is 0. The summed E-state index contributed by atoms with van der Waals surface area (Å²) >= 11 is 0. The van der Waals surface area contributed by atoms with Gasteiger partial charge in [0.25, 0.3) is 0 Å². The Kier molecular flexibility index (Phi) is 4.96. The predicted octanol–water partition coefficient (Wildman–Crippen LogP) is 1.39. The minimum atomic E-state index is 0.469. The fraction of sp³-hybridized carbons (Fsp3) is 0.875. The highest BCUT2D eigenvalue weighted by atomic mass is 14.8. The quantitative estimate of drug-likeness (QED) is 0.473. The Labute approximate surface area is 63.2 Å². The van der Waals surface area contributed by atoms with Gasteiger partial charge in [0.2, 0.25) is 0 Å². The van der Waals surface area contributed by atoms with Crippen LogP contribution in [0, 0.1) is 23.2 Å². The van der Waals surface area contributed by atoms with Crippen LogP contribution >= 0.6 is 0 Å². The molecule has 0 spiro atoms. The summed E-state index contributed by atoms with van der Waals surface area (Å²) in [6.45, 7) is 7.99. The first-order valence-corrected chi connectivity index (χ1v) is 3.76. The van der Waals surface area contributed by atoms with E-state index < -0.39 is 0 Å². The van der Waals surface area contributed by atoms with Crippen LogP contribution in [-0.2, 0) is 0 Å². The van der Waals surface area contributed by atoms with Gasteiger partial charge in [-0.2, -0.15) is 5.26 Å². The van der Waals surface area contributed by atoms with E-state index >= 15 is 0 Å². The van der Waals surface area contributed by atoms with Crippen LogP contribution in [0.15, 0.2) is 0 Å². The van der Waals surface area contributed by atoms with E-state index in [-0.39, 0.29) is 0 Å². The second-order valence-electron chi connectivity index (χ2n) is 3.01. The van der Waals surface area contributed by atoms with E-state index in [1.165, 1.54) is 0 Å². The summed E-state index contributed by atoms with van der Waals surface area (Å²) < 4.78 is 0. The Balaban J connectivity index is 3.23. The lowest BCUT2D eigenvalue weighted by atomic mass is 9.98. The van der Waals surface area contributed by atoms with Crippen LogP contribution < -0.4 is 5.32 Å². The van der Waals surface area contributed by atoms with Crippen molar-refractivity contribution in [2.24, 2.45) is 11.8 Å². The van der Waals surface area contributed by atoms with Gasteiger partial charge in [-0.1, -0.05) is 20.8 Å². The second-order valence-corrected chi connectivity index (χ2v) is 3.01. The van der Waals surface area contributed by atoms with Gasteiger partial charge in [0.1, 0.15) is 0 Å². The number of rotatable bonds is 4. The summed E-state index contributed by atoms with van der Waals surface area (Å²) in [5, 5.41) is 11.3. The molecule has 0 bridgehead atoms. The van der Waals surface area contributed by atoms with Crippen LogP contribution in [-0.4, -0.2) is 13.1 Å². The molecule has 0 aromatic heterocycles. The van der Waals surface area contributed by atoms with Gasteiger partial charge in [0.05, 0.1) is 12.6 Å². The zero-order valence-corrected chi connectivity index (χ0v) is 7.02. The van der Waals surface area contributed by atoms with Gasteiger partial charge in [0, 0.05) is 0 Å². The van der Waals surface area contributed by atoms with Crippen molar-refractivity contribution in [3.63, 3.8) is 0 Å². The van der Waals surface area contributed by atoms with Crippen LogP contribution in [0.3, 0.4) is 0 Å². The Bertz CT molecular complexity index is 113. The molecule has 0 aromatic rings. The van der Waals surface area contributed by atoms with E-state index in [1.807, 2.05) is 0 Å². The molecule has 10 heavy (non-hydrogen) atoms. The molecule has 0 aromatic carbocycles. The van der Waals surface area contributed by atoms with Gasteiger partial charge in [-0.25, -0.2) is 0 Å². The van der Waals surface area contributed by atoms with Crippen molar-refractivity contribution < 1.29 is 0 Å². The zero-order chi connectivity index (χ0) is 7.98. The lowest BCUT2D eigenvalue weighted by Gasteiger charge is -2.14. The van der Waals surface area contributed by atoms with E-state index in [9.17, 15) is 0 Å². The van der Waals surface area contributed by atoms with Crippen molar-refractivity contribution in [1.82, 2.24) is 5.32 Å². The lowest BCUT2D eigenvalue weighted by molar-refractivity contribution is 0.400. The van der Waals surface area contributed by atoms with Gasteiger partial charge in [0.15, 0.2) is 0 Å². The minimum Gasteiger partial charge on any atom is -0.304 e. The molecule has 0 aliphatic carbocycles. The number of nitriles is 1. The highest BCUT2D eigenvalue weighted by molar-refractivity contribution is 4.73. The topological polar surface area (TPSA) is 35.8 Å². The molecule has 2 nitrogen and oxygen atoms in total. The number of nitrogens with zero attached hydrogens (tertiary/aromatic N) is 1. The molecule has 1 atom stereocenters. The second kappa shape index (κ2) is 5.25. The average Bonchev–Trinajstić information content (AvgIpc) is 1.88. The predicted molar refractivity (Wildman–Crippen MR) is 42.5 cm³/mol. The van der Waals surface area contributed by atoms with Crippen molar-refractivity contribution in [2.45, 2.75) is 20.8 Å². The molecule has 0 rings (SSSR count). The third-order valence-electron chi connectivity index (χ3n) is 1.81. The highest BCUT2D eigenvalue weighted by Crippen LogP contribution is 2.06. The van der Waals surface area contributed by atoms with Gasteiger partial charge < -0.3 is 5.32 Å². The largest absolute Gasteiger partial charge is 0.304 e. The summed E-state index contributed by atoms with van der Waals surface area (Å²) in [4.78, 5) is 0. The Morgan fingerprint density at radius 2 is 2.00 bits per heavy atom. The molecule has 0 aliphatic rings. The Morgan fingerprint density at radius 3 is 2.40 bits per heavy atom. The molecule has 58 valence electrons. The van der Waals surface area contributed by atoms with Crippen molar-refractivity contribution in [3.8, 4) is 6.07 Å². The fourth-order valence-corrected chi connectivity index (χ4v) is 0.591. The first-order valence-electron chi connectivity index (χ1n) is 3.76. The van der Waals surface area contributed by atoms with Crippen molar-refractivity contribution in [3.05, 3.63) is 0 Å². The summed E-state index contributed by atoms with van der Waals surface area (Å²) in [5.74, 6) is 1.36. The molecule has 0 fully saturated rings. The third-order valence-corrected chi connectivity index (χ3v) is 1.81. The van der Waals surface area contributed by atoms with Crippen molar-refractivity contribution >= 4 is 0 Å². The fourth-order valence-electron chi connectivity index (χ4n) is 0.591. The standard InChI is InChI=1S/C8H16N2/c1-7(2)8(3)6-10-5-4-9/h7-8,10H,5-6H2,1-3H3. The van der Waals surface area contributed by atoms with E-state index in [4.69, 9.17) is 5.26 Å². The molecule has 1 N–H and O–H groups in total. The normalized spacial score (nSPS) is 13.1. The molecular formula is C8H16N2. The molecule has 0 saturated carbocycles. The van der Waals surface area contributed by atoms with E-state index in [0.717, 1.165) is 6.54 Å². The van der Waals surface area contributed by atoms with Gasteiger partial charge >= 0.3 is 0 Å². The number of nitrogens with one attached hydrogen (secondary N) is 1. The van der Waals surface area contributed by atoms with Crippen LogP contribution in [0.1, 0.15) is 20.8 Å². The molecular weight excluding hydrogens is 124 g/mol. The summed E-state index contributed by atoms with van der Waals surface area (Å²) in [5.41, 5.74) is 0. The maximum Gasteiger partial charge on any atom is 0.0841 e. The SMILES string of the molecule is CC(C)C(C)CNCC#N. The Hall–Kier alpha value is -0.550. The molecule has 0 amide bonds. The highest BCUT2D eigenvalue weighted by Gasteiger charge is 2.04. The van der Waals surface area contributed by atoms with Gasteiger partial charge in [-0.05, 0) is 18.4 Å². The van der Waals surface area contributed by atoms with Crippen LogP contribution in [0.2, 0.25) is 0 Å². The molecule has 0 aliphatic heterocycles. The van der Waals surface area contributed by atoms with Crippen molar-refractivity contribution in [1.29, 1.82) is 5.26 Å². The minimum absolute atomic E-state index is 0.469. The maximum atomic E-state index is 8.21.